The molecule has 0 radical (unpaired) electrons. The molecule has 0 aliphatic heterocycles. The van der Waals surface area contributed by atoms with Crippen LogP contribution in [0, 0.1) is 12.3 Å². The average molecular weight is 282 g/mol. The van der Waals surface area contributed by atoms with Gasteiger partial charge in [0.15, 0.2) is 11.5 Å². The summed E-state index contributed by atoms with van der Waals surface area (Å²) in [5, 5.41) is 7.43. The molecule has 0 spiro atoms. The highest BCUT2D eigenvalue weighted by Gasteiger charge is 2.08. The van der Waals surface area contributed by atoms with Gasteiger partial charge in [-0.2, -0.15) is 5.10 Å². The van der Waals surface area contributed by atoms with Gasteiger partial charge in [0.2, 0.25) is 0 Å². The molecule has 21 heavy (non-hydrogen) atoms. The highest BCUT2D eigenvalue weighted by molar-refractivity contribution is 5.69. The second-order valence-electron chi connectivity index (χ2n) is 4.37. The van der Waals surface area contributed by atoms with E-state index in [2.05, 4.69) is 26.3 Å². The van der Waals surface area contributed by atoms with Crippen LogP contribution in [0.4, 0.5) is 11.5 Å². The summed E-state index contributed by atoms with van der Waals surface area (Å²) < 4.78 is 8.63. The summed E-state index contributed by atoms with van der Waals surface area (Å²) in [7, 11) is 1.66. The highest BCUT2D eigenvalue weighted by atomic mass is 16.5. The van der Waals surface area contributed by atoms with Crippen molar-refractivity contribution in [3.8, 4) is 12.3 Å². The lowest BCUT2D eigenvalue weighted by atomic mass is 10.5. The molecule has 3 heterocycles. The molecular weight excluding hydrogens is 268 g/mol. The third-order valence-electron chi connectivity index (χ3n) is 3.00. The fourth-order valence-corrected chi connectivity index (χ4v) is 1.99. The number of rotatable bonds is 5. The van der Waals surface area contributed by atoms with Crippen molar-refractivity contribution in [1.82, 2.24) is 24.1 Å². The number of nitrogens with one attached hydrogen (secondary N) is 1. The van der Waals surface area contributed by atoms with Gasteiger partial charge < -0.3 is 10.1 Å². The van der Waals surface area contributed by atoms with E-state index in [1.54, 1.807) is 36.6 Å². The van der Waals surface area contributed by atoms with Crippen molar-refractivity contribution in [2.75, 3.05) is 19.0 Å². The van der Waals surface area contributed by atoms with Gasteiger partial charge >= 0.3 is 0 Å². The number of anilines is 2. The molecule has 0 aromatic carbocycles. The van der Waals surface area contributed by atoms with Gasteiger partial charge in [-0.3, -0.25) is 9.08 Å². The molecule has 3 rings (SSSR count). The fourth-order valence-electron chi connectivity index (χ4n) is 1.99. The molecule has 3 aromatic rings. The van der Waals surface area contributed by atoms with Gasteiger partial charge in [-0.25, -0.2) is 9.97 Å². The number of aromatic nitrogens is 5. The van der Waals surface area contributed by atoms with Crippen molar-refractivity contribution in [1.29, 1.82) is 0 Å². The summed E-state index contributed by atoms with van der Waals surface area (Å²) in [4.78, 5) is 8.59. The zero-order chi connectivity index (χ0) is 14.7. The van der Waals surface area contributed by atoms with Crippen LogP contribution in [0.25, 0.3) is 5.65 Å². The summed E-state index contributed by atoms with van der Waals surface area (Å²) >= 11 is 0. The molecule has 0 saturated carbocycles. The molecular formula is C14H14N6O. The van der Waals surface area contributed by atoms with Crippen LogP contribution in [0.1, 0.15) is 5.69 Å². The van der Waals surface area contributed by atoms with Crippen LogP contribution in [0.2, 0.25) is 0 Å². The molecule has 0 bridgehead atoms. The molecule has 7 nitrogen and oxygen atoms in total. The normalized spacial score (nSPS) is 10.7. The lowest BCUT2D eigenvalue weighted by Gasteiger charge is -2.04. The fraction of sp³-hybridized carbons (Fsp3) is 0.214. The topological polar surface area (TPSA) is 69.3 Å². The first-order valence-corrected chi connectivity index (χ1v) is 6.39. The summed E-state index contributed by atoms with van der Waals surface area (Å²) in [6.07, 6.45) is 14.1. The summed E-state index contributed by atoms with van der Waals surface area (Å²) in [6.45, 7) is 1.31. The maximum absolute atomic E-state index is 5.44. The molecule has 0 unspecified atom stereocenters. The smallest absolute Gasteiger partial charge is 0.181 e. The van der Waals surface area contributed by atoms with Gasteiger partial charge in [-0.05, 0) is 0 Å². The molecule has 0 aliphatic carbocycles. The molecule has 0 amide bonds. The Kier molecular flexibility index (Phi) is 3.53. The molecule has 3 aromatic heterocycles. The van der Waals surface area contributed by atoms with Gasteiger partial charge in [0.05, 0.1) is 31.2 Å². The van der Waals surface area contributed by atoms with Gasteiger partial charge in [0, 0.05) is 25.7 Å². The summed E-state index contributed by atoms with van der Waals surface area (Å²) in [5.74, 6) is 3.21. The van der Waals surface area contributed by atoms with Crippen LogP contribution in [0.15, 0.2) is 31.0 Å². The zero-order valence-corrected chi connectivity index (χ0v) is 11.5. The van der Waals surface area contributed by atoms with E-state index in [9.17, 15) is 0 Å². The predicted octanol–water partition coefficient (Wildman–Crippen LogP) is 1.30. The Morgan fingerprint density at radius 3 is 3.10 bits per heavy atom. The number of fused-ring (bicyclic) bond motifs is 1. The number of imidazole rings is 1. The minimum Gasteiger partial charge on any atom is -0.383 e. The average Bonchev–Trinajstić information content (AvgIpc) is 3.12. The van der Waals surface area contributed by atoms with Crippen molar-refractivity contribution < 1.29 is 4.74 Å². The summed E-state index contributed by atoms with van der Waals surface area (Å²) in [6, 6.07) is 0. The Morgan fingerprint density at radius 2 is 2.29 bits per heavy atom. The molecule has 7 heteroatoms. The molecule has 0 aliphatic rings. The SMILES string of the molecule is C#Cc1cnc2c(Nc3cnn(CCOC)c3)nccn12. The predicted molar refractivity (Wildman–Crippen MR) is 78.3 cm³/mol. The first-order chi connectivity index (χ1) is 10.3. The van der Waals surface area contributed by atoms with E-state index < -0.39 is 0 Å². The third kappa shape index (κ3) is 2.57. The lowest BCUT2D eigenvalue weighted by molar-refractivity contribution is 0.183. The Morgan fingerprint density at radius 1 is 1.38 bits per heavy atom. The number of nitrogens with zero attached hydrogens (tertiary/aromatic N) is 5. The first-order valence-electron chi connectivity index (χ1n) is 6.39. The van der Waals surface area contributed by atoms with Crippen LogP contribution >= 0.6 is 0 Å². The van der Waals surface area contributed by atoms with Crippen molar-refractivity contribution in [3.63, 3.8) is 0 Å². The van der Waals surface area contributed by atoms with Crippen LogP contribution in [-0.4, -0.2) is 37.9 Å². The van der Waals surface area contributed by atoms with Crippen LogP contribution in [-0.2, 0) is 11.3 Å². The number of hydrogen-bond donors (Lipinski definition) is 1. The van der Waals surface area contributed by atoms with E-state index in [4.69, 9.17) is 11.2 Å². The van der Waals surface area contributed by atoms with E-state index in [0.29, 0.717) is 30.3 Å². The molecule has 0 saturated heterocycles. The quantitative estimate of drug-likeness (QED) is 0.714. The number of terminal acetylenes is 1. The minimum atomic E-state index is 0.612. The van der Waals surface area contributed by atoms with E-state index in [1.165, 1.54) is 0 Å². The Balaban J connectivity index is 1.86. The van der Waals surface area contributed by atoms with E-state index in [-0.39, 0.29) is 0 Å². The van der Waals surface area contributed by atoms with Crippen LogP contribution in [0.5, 0.6) is 0 Å². The summed E-state index contributed by atoms with van der Waals surface area (Å²) in [5.41, 5.74) is 2.19. The zero-order valence-electron chi connectivity index (χ0n) is 11.5. The van der Waals surface area contributed by atoms with Crippen molar-refractivity contribution in [3.05, 3.63) is 36.7 Å². The second kappa shape index (κ2) is 5.64. The van der Waals surface area contributed by atoms with Gasteiger partial charge in [-0.15, -0.1) is 6.42 Å². The Bertz CT molecular complexity index is 797. The monoisotopic (exact) mass is 282 g/mol. The largest absolute Gasteiger partial charge is 0.383 e. The van der Waals surface area contributed by atoms with E-state index >= 15 is 0 Å². The van der Waals surface area contributed by atoms with Crippen molar-refractivity contribution in [2.24, 2.45) is 0 Å². The van der Waals surface area contributed by atoms with Crippen LogP contribution in [0.3, 0.4) is 0 Å². The molecule has 106 valence electrons. The molecule has 1 N–H and O–H groups in total. The number of ether oxygens (including phenoxy) is 1. The minimum absolute atomic E-state index is 0.612. The van der Waals surface area contributed by atoms with Gasteiger partial charge in [0.25, 0.3) is 0 Å². The Labute approximate surface area is 121 Å². The van der Waals surface area contributed by atoms with Crippen LogP contribution < -0.4 is 5.32 Å². The molecule has 0 atom stereocenters. The number of methoxy groups -OCH3 is 1. The standard InChI is InChI=1S/C14H14N6O/c1-3-12-9-16-14-13(15-4-5-20(12)14)18-11-8-17-19(10-11)6-7-21-2/h1,4-5,8-10H,6-7H2,2H3,(H,15,18). The van der Waals surface area contributed by atoms with Gasteiger partial charge in [0.1, 0.15) is 5.69 Å². The molecule has 0 fully saturated rings. The van der Waals surface area contributed by atoms with Crippen molar-refractivity contribution >= 4 is 17.2 Å². The van der Waals surface area contributed by atoms with Crippen molar-refractivity contribution in [2.45, 2.75) is 6.54 Å². The van der Waals surface area contributed by atoms with E-state index in [0.717, 1.165) is 5.69 Å². The lowest BCUT2D eigenvalue weighted by Crippen LogP contribution is -2.04. The number of hydrogen-bond acceptors (Lipinski definition) is 5. The third-order valence-corrected chi connectivity index (χ3v) is 3.00. The van der Waals surface area contributed by atoms with Gasteiger partial charge in [-0.1, -0.05) is 5.92 Å². The Hall–Kier alpha value is -2.85. The highest BCUT2D eigenvalue weighted by Crippen LogP contribution is 2.18. The second-order valence-corrected chi connectivity index (χ2v) is 4.37. The maximum Gasteiger partial charge on any atom is 0.181 e. The maximum atomic E-state index is 5.44. The van der Waals surface area contributed by atoms with E-state index in [1.807, 2.05) is 10.6 Å². The first kappa shape index (κ1) is 13.1.